The van der Waals surface area contributed by atoms with E-state index in [4.69, 9.17) is 4.42 Å². The lowest BCUT2D eigenvalue weighted by Gasteiger charge is -2.12. The smallest absolute Gasteiger partial charge is 0.191 e. The van der Waals surface area contributed by atoms with E-state index in [9.17, 15) is 0 Å². The van der Waals surface area contributed by atoms with E-state index in [1.54, 1.807) is 6.26 Å². The molecule has 0 atom stereocenters. The molecule has 1 heterocycles. The molecule has 0 bridgehead atoms. The Bertz CT molecular complexity index is 219. The Balaban J connectivity index is 2.96. The predicted molar refractivity (Wildman–Crippen MR) is 39.9 cm³/mol. The van der Waals surface area contributed by atoms with Crippen molar-refractivity contribution in [2.75, 3.05) is 0 Å². The number of hydrogen-bond donors (Lipinski definition) is 0. The molecule has 1 aromatic heterocycles. The molecule has 0 amide bonds. The van der Waals surface area contributed by atoms with Crippen LogP contribution in [0.5, 0.6) is 0 Å². The van der Waals surface area contributed by atoms with Gasteiger partial charge < -0.3 is 4.42 Å². The predicted octanol–water partition coefficient (Wildman–Crippen LogP) is 2.28. The fourth-order valence-corrected chi connectivity index (χ4v) is 0.708. The fourth-order valence-electron chi connectivity index (χ4n) is 0.708. The first-order chi connectivity index (χ1) is 4.50. The number of hydrogen-bond acceptors (Lipinski definition) is 2. The summed E-state index contributed by atoms with van der Waals surface area (Å²) < 4.78 is 5.08. The lowest BCUT2D eigenvalue weighted by Crippen LogP contribution is -2.11. The van der Waals surface area contributed by atoms with E-state index in [1.165, 1.54) is 0 Å². The maximum Gasteiger partial charge on any atom is 0.191 e. The average Bonchev–Trinajstić information content (AvgIpc) is 2.11. The standard InChI is InChI=1S/C8H13NO/c1-6-9-7(5-10-6)8(2,3)4/h5H,1-4H3. The lowest BCUT2D eigenvalue weighted by molar-refractivity contribution is 0.514. The van der Waals surface area contributed by atoms with Crippen molar-refractivity contribution in [1.29, 1.82) is 0 Å². The monoisotopic (exact) mass is 139 g/mol. The summed E-state index contributed by atoms with van der Waals surface area (Å²) in [5.74, 6) is 0.741. The van der Waals surface area contributed by atoms with Crippen molar-refractivity contribution in [3.05, 3.63) is 17.8 Å². The van der Waals surface area contributed by atoms with E-state index in [1.807, 2.05) is 6.92 Å². The number of oxazole rings is 1. The van der Waals surface area contributed by atoms with Crippen LogP contribution in [0.25, 0.3) is 0 Å². The van der Waals surface area contributed by atoms with Crippen LogP contribution in [-0.4, -0.2) is 4.98 Å². The van der Waals surface area contributed by atoms with Crippen molar-refractivity contribution in [3.8, 4) is 0 Å². The molecule has 0 radical (unpaired) electrons. The van der Waals surface area contributed by atoms with Crippen molar-refractivity contribution in [2.45, 2.75) is 33.1 Å². The average molecular weight is 139 g/mol. The highest BCUT2D eigenvalue weighted by Gasteiger charge is 2.16. The molecule has 1 aromatic rings. The maximum absolute atomic E-state index is 5.08. The zero-order valence-electron chi connectivity index (χ0n) is 6.93. The Morgan fingerprint density at radius 2 is 2.00 bits per heavy atom. The zero-order chi connectivity index (χ0) is 7.78. The van der Waals surface area contributed by atoms with Gasteiger partial charge in [0.15, 0.2) is 5.89 Å². The van der Waals surface area contributed by atoms with E-state index in [0.29, 0.717) is 0 Å². The van der Waals surface area contributed by atoms with E-state index >= 15 is 0 Å². The van der Waals surface area contributed by atoms with Crippen molar-refractivity contribution in [3.63, 3.8) is 0 Å². The van der Waals surface area contributed by atoms with Crippen LogP contribution in [0.15, 0.2) is 10.7 Å². The summed E-state index contributed by atoms with van der Waals surface area (Å²) in [6, 6.07) is 0. The van der Waals surface area contributed by atoms with Crippen LogP contribution < -0.4 is 0 Å². The Labute approximate surface area is 61.3 Å². The topological polar surface area (TPSA) is 26.0 Å². The summed E-state index contributed by atoms with van der Waals surface area (Å²) in [4.78, 5) is 4.22. The van der Waals surface area contributed by atoms with Gasteiger partial charge in [0.1, 0.15) is 6.26 Å². The SMILES string of the molecule is Cc1nc(C(C)(C)C)co1. The van der Waals surface area contributed by atoms with Gasteiger partial charge in [-0.25, -0.2) is 4.98 Å². The van der Waals surface area contributed by atoms with Gasteiger partial charge in [0.2, 0.25) is 0 Å². The van der Waals surface area contributed by atoms with Crippen LogP contribution in [0.3, 0.4) is 0 Å². The van der Waals surface area contributed by atoms with Crippen LogP contribution in [0, 0.1) is 6.92 Å². The Morgan fingerprint density at radius 3 is 2.20 bits per heavy atom. The first kappa shape index (κ1) is 7.32. The first-order valence-electron chi connectivity index (χ1n) is 3.43. The quantitative estimate of drug-likeness (QED) is 0.551. The minimum atomic E-state index is 0.109. The fraction of sp³-hybridized carbons (Fsp3) is 0.625. The zero-order valence-corrected chi connectivity index (χ0v) is 6.93. The molecule has 10 heavy (non-hydrogen) atoms. The van der Waals surface area contributed by atoms with Gasteiger partial charge in [-0.05, 0) is 0 Å². The molecule has 0 aliphatic carbocycles. The van der Waals surface area contributed by atoms with Gasteiger partial charge >= 0.3 is 0 Å². The Morgan fingerprint density at radius 1 is 1.40 bits per heavy atom. The summed E-state index contributed by atoms with van der Waals surface area (Å²) >= 11 is 0. The third-order valence-electron chi connectivity index (χ3n) is 1.39. The van der Waals surface area contributed by atoms with Crippen molar-refractivity contribution < 1.29 is 4.42 Å². The third-order valence-corrected chi connectivity index (χ3v) is 1.39. The second-order valence-electron chi connectivity index (χ2n) is 3.50. The van der Waals surface area contributed by atoms with Gasteiger partial charge in [-0.2, -0.15) is 0 Å². The van der Waals surface area contributed by atoms with Crippen LogP contribution in [0.4, 0.5) is 0 Å². The van der Waals surface area contributed by atoms with Gasteiger partial charge in [0, 0.05) is 12.3 Å². The van der Waals surface area contributed by atoms with Gasteiger partial charge in [-0.15, -0.1) is 0 Å². The second kappa shape index (κ2) is 2.11. The van der Waals surface area contributed by atoms with Gasteiger partial charge in [0.25, 0.3) is 0 Å². The van der Waals surface area contributed by atoms with E-state index in [0.717, 1.165) is 11.6 Å². The van der Waals surface area contributed by atoms with Crippen LogP contribution >= 0.6 is 0 Å². The maximum atomic E-state index is 5.08. The molecule has 0 spiro atoms. The highest BCUT2D eigenvalue weighted by Crippen LogP contribution is 2.20. The third kappa shape index (κ3) is 1.38. The largest absolute Gasteiger partial charge is 0.449 e. The van der Waals surface area contributed by atoms with Crippen LogP contribution in [-0.2, 0) is 5.41 Å². The summed E-state index contributed by atoms with van der Waals surface area (Å²) in [5.41, 5.74) is 1.13. The minimum Gasteiger partial charge on any atom is -0.449 e. The molecular formula is C8H13NO. The molecule has 0 fully saturated rings. The molecule has 0 aliphatic heterocycles. The van der Waals surface area contributed by atoms with Crippen LogP contribution in [0.1, 0.15) is 32.4 Å². The molecule has 2 heteroatoms. The lowest BCUT2D eigenvalue weighted by atomic mass is 9.93. The normalized spacial score (nSPS) is 12.0. The van der Waals surface area contributed by atoms with Crippen molar-refractivity contribution in [2.24, 2.45) is 0 Å². The number of rotatable bonds is 0. The molecule has 1 rings (SSSR count). The number of nitrogens with zero attached hydrogens (tertiary/aromatic N) is 1. The summed E-state index contributed by atoms with van der Waals surface area (Å²) in [6.07, 6.45) is 1.72. The highest BCUT2D eigenvalue weighted by molar-refractivity contribution is 5.07. The molecule has 56 valence electrons. The summed E-state index contributed by atoms with van der Waals surface area (Å²) in [7, 11) is 0. The van der Waals surface area contributed by atoms with Gasteiger partial charge in [-0.3, -0.25) is 0 Å². The Hall–Kier alpha value is -0.790. The van der Waals surface area contributed by atoms with E-state index in [-0.39, 0.29) is 5.41 Å². The summed E-state index contributed by atoms with van der Waals surface area (Å²) in [5, 5.41) is 0. The molecular weight excluding hydrogens is 126 g/mol. The molecule has 0 unspecified atom stereocenters. The van der Waals surface area contributed by atoms with E-state index < -0.39 is 0 Å². The molecule has 0 N–H and O–H groups in total. The highest BCUT2D eigenvalue weighted by atomic mass is 16.3. The molecule has 0 saturated carbocycles. The van der Waals surface area contributed by atoms with Crippen molar-refractivity contribution >= 4 is 0 Å². The molecule has 0 aromatic carbocycles. The van der Waals surface area contributed by atoms with Crippen molar-refractivity contribution in [1.82, 2.24) is 4.98 Å². The van der Waals surface area contributed by atoms with Crippen LogP contribution in [0.2, 0.25) is 0 Å². The first-order valence-corrected chi connectivity index (χ1v) is 3.43. The number of aryl methyl sites for hydroxylation is 1. The molecule has 0 aliphatic rings. The molecule has 2 nitrogen and oxygen atoms in total. The second-order valence-corrected chi connectivity index (χ2v) is 3.50. The number of aromatic nitrogens is 1. The molecule has 0 saturated heterocycles. The Kier molecular flexibility index (Phi) is 1.55. The summed E-state index contributed by atoms with van der Waals surface area (Å²) in [6.45, 7) is 8.20. The minimum absolute atomic E-state index is 0.109. The van der Waals surface area contributed by atoms with E-state index in [2.05, 4.69) is 25.8 Å². The van der Waals surface area contributed by atoms with Gasteiger partial charge in [-0.1, -0.05) is 20.8 Å². The van der Waals surface area contributed by atoms with Gasteiger partial charge in [0.05, 0.1) is 5.69 Å².